The van der Waals surface area contributed by atoms with Crippen molar-refractivity contribution >= 4 is 17.3 Å². The Balaban J connectivity index is 2.60. The minimum absolute atomic E-state index is 0.227. The summed E-state index contributed by atoms with van der Waals surface area (Å²) in [6.07, 6.45) is 8.32. The van der Waals surface area contributed by atoms with Crippen molar-refractivity contribution in [3.63, 3.8) is 0 Å². The number of halogens is 2. The molecule has 0 radical (unpaired) electrons. The van der Waals surface area contributed by atoms with E-state index in [2.05, 4.69) is 52.8 Å². The van der Waals surface area contributed by atoms with Gasteiger partial charge in [0.15, 0.2) is 0 Å². The zero-order chi connectivity index (χ0) is 24.3. The van der Waals surface area contributed by atoms with Gasteiger partial charge in [-0.15, -0.1) is 0 Å². The average molecular weight is 459 g/mol. The summed E-state index contributed by atoms with van der Waals surface area (Å²) in [7, 11) is 0. The Morgan fingerprint density at radius 1 is 1.22 bits per heavy atom. The van der Waals surface area contributed by atoms with Crippen molar-refractivity contribution in [2.24, 2.45) is 5.92 Å². The maximum absolute atomic E-state index is 13.5. The number of aryl methyl sites for hydroxylation is 1. The van der Waals surface area contributed by atoms with Gasteiger partial charge < -0.3 is 9.64 Å². The van der Waals surface area contributed by atoms with Gasteiger partial charge in [-0.3, -0.25) is 4.98 Å². The monoisotopic (exact) mass is 458 g/mol. The molecule has 1 aromatic rings. The van der Waals surface area contributed by atoms with Crippen molar-refractivity contribution in [3.8, 4) is 0 Å². The van der Waals surface area contributed by atoms with E-state index >= 15 is 0 Å². The lowest BCUT2D eigenvalue weighted by Crippen LogP contribution is -2.45. The second kappa shape index (κ2) is 10.2. The van der Waals surface area contributed by atoms with Gasteiger partial charge in [0.25, 0.3) is 0 Å². The third kappa shape index (κ3) is 6.43. The van der Waals surface area contributed by atoms with E-state index in [0.29, 0.717) is 16.6 Å². The van der Waals surface area contributed by atoms with Crippen LogP contribution >= 0.6 is 11.6 Å². The van der Waals surface area contributed by atoms with Crippen LogP contribution in [0.1, 0.15) is 65.6 Å². The van der Waals surface area contributed by atoms with Crippen LogP contribution in [0.2, 0.25) is 0 Å². The number of hydrogen-bond acceptors (Lipinski definition) is 3. The highest BCUT2D eigenvalue weighted by Gasteiger charge is 2.40. The highest BCUT2D eigenvalue weighted by atomic mass is 35.5. The predicted octanol–water partition coefficient (Wildman–Crippen LogP) is 8.06. The van der Waals surface area contributed by atoms with E-state index in [9.17, 15) is 4.39 Å². The summed E-state index contributed by atoms with van der Waals surface area (Å²) in [6, 6.07) is 3.83. The van der Waals surface area contributed by atoms with Gasteiger partial charge in [0.1, 0.15) is 11.0 Å². The van der Waals surface area contributed by atoms with Crippen LogP contribution < -0.4 is 0 Å². The molecule has 0 aliphatic carbocycles. The fourth-order valence-electron chi connectivity index (χ4n) is 4.51. The predicted molar refractivity (Wildman–Crippen MR) is 134 cm³/mol. The number of pyridine rings is 1. The maximum atomic E-state index is 13.5. The molecular formula is C27H36ClFN2O. The summed E-state index contributed by atoms with van der Waals surface area (Å²) in [5.74, 6) is -0.304. The SMILES string of the molecule is C=C(F)/C=C\C(=C/C)N(C(=C)c1cccnc1C)/C(Cl)=C(\C)C1CC(C)(C)OC(C)(C)C1. The Labute approximate surface area is 198 Å². The lowest BCUT2D eigenvalue weighted by molar-refractivity contribution is -0.167. The van der Waals surface area contributed by atoms with Crippen molar-refractivity contribution in [2.45, 2.75) is 72.5 Å². The fraction of sp³-hybridized carbons (Fsp3) is 0.444. The summed E-state index contributed by atoms with van der Waals surface area (Å²) in [6.45, 7) is 22.0. The van der Waals surface area contributed by atoms with E-state index in [1.807, 2.05) is 37.0 Å². The average Bonchev–Trinajstić information content (AvgIpc) is 2.67. The molecule has 0 saturated carbocycles. The zero-order valence-corrected chi connectivity index (χ0v) is 21.2. The molecule has 3 nitrogen and oxygen atoms in total. The van der Waals surface area contributed by atoms with Gasteiger partial charge in [-0.25, -0.2) is 4.39 Å². The molecule has 5 heteroatoms. The number of hydrogen-bond donors (Lipinski definition) is 0. The van der Waals surface area contributed by atoms with Crippen LogP contribution in [-0.2, 0) is 4.74 Å². The summed E-state index contributed by atoms with van der Waals surface area (Å²) >= 11 is 7.10. The van der Waals surface area contributed by atoms with E-state index < -0.39 is 5.83 Å². The lowest BCUT2D eigenvalue weighted by Gasteiger charge is -2.46. The Bertz CT molecular complexity index is 956. The van der Waals surface area contributed by atoms with Crippen molar-refractivity contribution < 1.29 is 9.13 Å². The molecule has 0 amide bonds. The summed E-state index contributed by atoms with van der Waals surface area (Å²) in [4.78, 5) is 6.27. The van der Waals surface area contributed by atoms with Crippen molar-refractivity contribution in [1.82, 2.24) is 9.88 Å². The fourth-order valence-corrected chi connectivity index (χ4v) is 4.87. The van der Waals surface area contributed by atoms with E-state index in [0.717, 1.165) is 29.7 Å². The van der Waals surface area contributed by atoms with Crippen LogP contribution in [-0.4, -0.2) is 21.1 Å². The molecule has 2 heterocycles. The highest BCUT2D eigenvalue weighted by Crippen LogP contribution is 2.44. The zero-order valence-electron chi connectivity index (χ0n) is 20.4. The molecule has 0 atom stereocenters. The first-order chi connectivity index (χ1) is 14.8. The molecule has 0 unspecified atom stereocenters. The molecule has 2 rings (SSSR count). The Morgan fingerprint density at radius 3 is 2.31 bits per heavy atom. The van der Waals surface area contributed by atoms with Crippen LogP contribution in [0, 0.1) is 12.8 Å². The smallest absolute Gasteiger partial charge is 0.116 e. The molecule has 1 aliphatic rings. The quantitative estimate of drug-likeness (QED) is 0.305. The highest BCUT2D eigenvalue weighted by molar-refractivity contribution is 6.30. The van der Waals surface area contributed by atoms with Gasteiger partial charge in [0.2, 0.25) is 0 Å². The number of allylic oxidation sites excluding steroid dienone is 5. The van der Waals surface area contributed by atoms with Crippen LogP contribution in [0.3, 0.4) is 0 Å². The van der Waals surface area contributed by atoms with Gasteiger partial charge in [-0.1, -0.05) is 30.8 Å². The number of rotatable bonds is 7. The molecule has 0 bridgehead atoms. The molecule has 174 valence electrons. The van der Waals surface area contributed by atoms with Gasteiger partial charge in [0, 0.05) is 28.8 Å². The van der Waals surface area contributed by atoms with Crippen molar-refractivity contribution in [3.05, 3.63) is 83.2 Å². The Hall–Kier alpha value is -2.17. The Kier molecular flexibility index (Phi) is 8.30. The first-order valence-corrected chi connectivity index (χ1v) is 11.3. The molecule has 32 heavy (non-hydrogen) atoms. The van der Waals surface area contributed by atoms with E-state index in [4.69, 9.17) is 16.3 Å². The third-order valence-corrected chi connectivity index (χ3v) is 6.21. The van der Waals surface area contributed by atoms with E-state index in [1.165, 1.54) is 6.08 Å². The first-order valence-electron chi connectivity index (χ1n) is 10.9. The largest absolute Gasteiger partial charge is 0.370 e. The maximum Gasteiger partial charge on any atom is 0.116 e. The van der Waals surface area contributed by atoms with Crippen LogP contribution in [0.15, 0.2) is 72.0 Å². The lowest BCUT2D eigenvalue weighted by atomic mass is 9.77. The van der Waals surface area contributed by atoms with Gasteiger partial charge in [-0.05, 0) is 97.1 Å². The normalized spacial score (nSPS) is 19.6. The van der Waals surface area contributed by atoms with Gasteiger partial charge >= 0.3 is 0 Å². The third-order valence-electron chi connectivity index (χ3n) is 5.74. The topological polar surface area (TPSA) is 25.4 Å². The first kappa shape index (κ1) is 26.1. The van der Waals surface area contributed by atoms with Gasteiger partial charge in [-0.2, -0.15) is 0 Å². The van der Waals surface area contributed by atoms with Crippen LogP contribution in [0.25, 0.3) is 5.70 Å². The van der Waals surface area contributed by atoms with Crippen LogP contribution in [0.4, 0.5) is 4.39 Å². The molecule has 0 spiro atoms. The minimum Gasteiger partial charge on any atom is -0.370 e. The number of nitrogens with zero attached hydrogens (tertiary/aromatic N) is 2. The molecule has 1 aromatic heterocycles. The molecule has 1 fully saturated rings. The summed E-state index contributed by atoms with van der Waals surface area (Å²) in [5.41, 5.74) is 3.61. The minimum atomic E-state index is -0.530. The molecule has 1 saturated heterocycles. The van der Waals surface area contributed by atoms with Crippen molar-refractivity contribution in [1.29, 1.82) is 0 Å². The summed E-state index contributed by atoms with van der Waals surface area (Å²) in [5, 5.41) is 0.555. The van der Waals surface area contributed by atoms with Gasteiger partial charge in [0.05, 0.1) is 11.2 Å². The van der Waals surface area contributed by atoms with Crippen molar-refractivity contribution in [2.75, 3.05) is 0 Å². The molecule has 1 aliphatic heterocycles. The molecule has 0 aromatic carbocycles. The molecule has 0 N–H and O–H groups in total. The second-order valence-electron chi connectivity index (χ2n) is 9.61. The molecular weight excluding hydrogens is 423 g/mol. The van der Waals surface area contributed by atoms with Crippen LogP contribution in [0.5, 0.6) is 0 Å². The Morgan fingerprint density at radius 2 is 1.81 bits per heavy atom. The van der Waals surface area contributed by atoms with E-state index in [-0.39, 0.29) is 17.1 Å². The van der Waals surface area contributed by atoms with E-state index in [1.54, 1.807) is 12.3 Å². The standard InChI is InChI=1S/C27H36ClFN2O/c1-10-23(14-13-18(2)29)31(21(5)24-12-11-15-30-20(24)4)25(28)19(3)22-16-26(6,7)32-27(8,9)17-22/h10-15,22H,2,5,16-17H2,1,3-4,6-9H3/b14-13-,23-10+,25-19+. The number of ether oxygens (including phenoxy) is 1. The number of aromatic nitrogens is 1. The second-order valence-corrected chi connectivity index (χ2v) is 9.97. The summed E-state index contributed by atoms with van der Waals surface area (Å²) < 4.78 is 19.7.